The van der Waals surface area contributed by atoms with E-state index < -0.39 is 0 Å². The fraction of sp³-hybridized carbons (Fsp3) is 0.625. The first kappa shape index (κ1) is 12.0. The Morgan fingerprint density at radius 2 is 2.05 bits per heavy atom. The lowest BCUT2D eigenvalue weighted by atomic mass is 9.88. The molecule has 3 atom stereocenters. The molecule has 2 fully saturated rings. The number of benzene rings is 1. The van der Waals surface area contributed by atoms with Crippen molar-refractivity contribution in [3.63, 3.8) is 0 Å². The minimum absolute atomic E-state index is 0.401. The van der Waals surface area contributed by atoms with E-state index in [2.05, 4.69) is 24.5 Å². The van der Waals surface area contributed by atoms with Crippen LogP contribution in [0, 0.1) is 17.8 Å². The van der Waals surface area contributed by atoms with E-state index in [1.165, 1.54) is 30.4 Å². The number of halogens is 1. The summed E-state index contributed by atoms with van der Waals surface area (Å²) < 4.78 is 5.87. The molecule has 0 saturated heterocycles. The minimum Gasteiger partial charge on any atom is -0.493 e. The van der Waals surface area contributed by atoms with Crippen LogP contribution in [0.4, 0.5) is 0 Å². The highest BCUT2D eigenvalue weighted by molar-refractivity contribution is 6.30. The second-order valence-corrected chi connectivity index (χ2v) is 6.77. The molecular weight excluding hydrogens is 258 g/mol. The Hall–Kier alpha value is -0.730. The first-order valence-electron chi connectivity index (χ1n) is 7.38. The van der Waals surface area contributed by atoms with Gasteiger partial charge in [-0.1, -0.05) is 11.6 Å². The zero-order valence-electron chi connectivity index (χ0n) is 11.3. The van der Waals surface area contributed by atoms with E-state index in [4.69, 9.17) is 16.3 Å². The molecule has 0 aromatic heterocycles. The third-order valence-corrected chi connectivity index (χ3v) is 5.39. The molecule has 1 N–H and O–H groups in total. The second-order valence-electron chi connectivity index (χ2n) is 6.34. The maximum absolute atomic E-state index is 6.29. The van der Waals surface area contributed by atoms with Crippen molar-refractivity contribution in [1.82, 2.24) is 5.32 Å². The third-order valence-electron chi connectivity index (χ3n) is 5.17. The fourth-order valence-electron chi connectivity index (χ4n) is 4.21. The molecule has 3 heteroatoms. The van der Waals surface area contributed by atoms with Gasteiger partial charge in [-0.2, -0.15) is 0 Å². The Labute approximate surface area is 119 Å². The van der Waals surface area contributed by atoms with Crippen molar-refractivity contribution in [3.05, 3.63) is 28.3 Å². The number of fused-ring (bicyclic) bond motifs is 2. The van der Waals surface area contributed by atoms with Gasteiger partial charge in [0, 0.05) is 23.0 Å². The van der Waals surface area contributed by atoms with Gasteiger partial charge in [0.25, 0.3) is 0 Å². The number of hydrogen-bond donors (Lipinski definition) is 1. The third kappa shape index (κ3) is 1.96. The van der Waals surface area contributed by atoms with E-state index >= 15 is 0 Å². The Balaban J connectivity index is 1.69. The van der Waals surface area contributed by atoms with Crippen LogP contribution in [0.3, 0.4) is 0 Å². The van der Waals surface area contributed by atoms with Gasteiger partial charge in [0.05, 0.1) is 6.61 Å². The Morgan fingerprint density at radius 1 is 1.26 bits per heavy atom. The molecule has 4 rings (SSSR count). The van der Waals surface area contributed by atoms with Crippen molar-refractivity contribution < 1.29 is 4.74 Å². The van der Waals surface area contributed by atoms with Crippen molar-refractivity contribution in [2.24, 2.45) is 17.8 Å². The molecule has 2 saturated carbocycles. The van der Waals surface area contributed by atoms with E-state index in [-0.39, 0.29) is 0 Å². The molecule has 0 bridgehead atoms. The topological polar surface area (TPSA) is 21.3 Å². The van der Waals surface area contributed by atoms with Crippen LogP contribution in [0.2, 0.25) is 5.02 Å². The van der Waals surface area contributed by atoms with Crippen molar-refractivity contribution in [2.75, 3.05) is 13.7 Å². The molecule has 0 radical (unpaired) electrons. The number of nitrogens with one attached hydrogen (secondary N) is 1. The van der Waals surface area contributed by atoms with Crippen LogP contribution in [0.5, 0.6) is 5.75 Å². The maximum atomic E-state index is 6.29. The molecule has 2 nitrogen and oxygen atoms in total. The predicted octanol–water partition coefficient (Wildman–Crippen LogP) is 3.58. The van der Waals surface area contributed by atoms with Crippen LogP contribution in [-0.4, -0.2) is 13.7 Å². The second kappa shape index (κ2) is 4.39. The monoisotopic (exact) mass is 277 g/mol. The minimum atomic E-state index is 0.401. The zero-order valence-corrected chi connectivity index (χ0v) is 12.0. The first-order chi connectivity index (χ1) is 9.26. The molecule has 3 unspecified atom stereocenters. The van der Waals surface area contributed by atoms with Gasteiger partial charge in [-0.05, 0) is 61.8 Å². The summed E-state index contributed by atoms with van der Waals surface area (Å²) in [5.41, 5.74) is 2.57. The van der Waals surface area contributed by atoms with Crippen LogP contribution in [-0.2, 0) is 6.42 Å². The molecule has 0 amide bonds. The number of rotatable bonds is 3. The van der Waals surface area contributed by atoms with E-state index in [1.807, 2.05) is 0 Å². The average molecular weight is 278 g/mol. The molecule has 1 aromatic rings. The summed E-state index contributed by atoms with van der Waals surface area (Å²) in [7, 11) is 2.07. The van der Waals surface area contributed by atoms with Gasteiger partial charge in [0.1, 0.15) is 5.75 Å². The van der Waals surface area contributed by atoms with Crippen LogP contribution < -0.4 is 10.1 Å². The molecule has 1 aromatic carbocycles. The molecule has 1 aliphatic heterocycles. The van der Waals surface area contributed by atoms with Crippen molar-refractivity contribution in [2.45, 2.75) is 31.7 Å². The molecule has 19 heavy (non-hydrogen) atoms. The summed E-state index contributed by atoms with van der Waals surface area (Å²) in [4.78, 5) is 0. The number of hydrogen-bond acceptors (Lipinski definition) is 2. The lowest BCUT2D eigenvalue weighted by Crippen LogP contribution is -2.25. The van der Waals surface area contributed by atoms with E-state index in [0.717, 1.165) is 41.6 Å². The summed E-state index contributed by atoms with van der Waals surface area (Å²) in [6.07, 6.45) is 5.21. The smallest absolute Gasteiger partial charge is 0.127 e. The summed E-state index contributed by atoms with van der Waals surface area (Å²) in [5, 5.41) is 4.37. The highest BCUT2D eigenvalue weighted by Gasteiger charge is 2.48. The van der Waals surface area contributed by atoms with Crippen LogP contribution in [0.25, 0.3) is 0 Å². The van der Waals surface area contributed by atoms with Crippen LogP contribution in [0.15, 0.2) is 12.1 Å². The highest BCUT2D eigenvalue weighted by atomic mass is 35.5. The molecule has 102 valence electrons. The number of ether oxygens (including phenoxy) is 1. The van der Waals surface area contributed by atoms with E-state index in [0.29, 0.717) is 6.04 Å². The highest BCUT2D eigenvalue weighted by Crippen LogP contribution is 2.57. The first-order valence-corrected chi connectivity index (χ1v) is 7.76. The molecule has 0 spiro atoms. The molecular formula is C16H20ClNO. The zero-order chi connectivity index (χ0) is 13.0. The van der Waals surface area contributed by atoms with Gasteiger partial charge in [0.2, 0.25) is 0 Å². The lowest BCUT2D eigenvalue weighted by Gasteiger charge is -2.26. The Morgan fingerprint density at radius 3 is 2.79 bits per heavy atom. The summed E-state index contributed by atoms with van der Waals surface area (Å²) in [6, 6.07) is 4.57. The van der Waals surface area contributed by atoms with Gasteiger partial charge in [-0.25, -0.2) is 0 Å². The van der Waals surface area contributed by atoms with E-state index in [1.54, 1.807) is 0 Å². The van der Waals surface area contributed by atoms with Gasteiger partial charge in [-0.15, -0.1) is 0 Å². The van der Waals surface area contributed by atoms with Crippen LogP contribution in [0.1, 0.15) is 36.4 Å². The summed E-state index contributed by atoms with van der Waals surface area (Å²) in [6.45, 7) is 0.801. The SMILES string of the molecule is CNC(c1cc(Cl)cc2c1OCC2)C1CC2CC2C1. The fourth-order valence-corrected chi connectivity index (χ4v) is 4.46. The standard InChI is InChI=1S/C16H20ClNO/c1-18-15(12-5-10-4-11(10)6-12)14-8-13(17)7-9-2-3-19-16(9)14/h7-8,10-12,15,18H,2-6H2,1H3. The van der Waals surface area contributed by atoms with Gasteiger partial charge in [0.15, 0.2) is 0 Å². The summed E-state index contributed by atoms with van der Waals surface area (Å²) in [5.74, 6) is 3.87. The van der Waals surface area contributed by atoms with E-state index in [9.17, 15) is 0 Å². The molecule has 3 aliphatic rings. The van der Waals surface area contributed by atoms with Crippen LogP contribution >= 0.6 is 11.6 Å². The molecule has 2 aliphatic carbocycles. The Kier molecular flexibility index (Phi) is 2.78. The predicted molar refractivity (Wildman–Crippen MR) is 76.8 cm³/mol. The van der Waals surface area contributed by atoms with Crippen molar-refractivity contribution in [1.29, 1.82) is 0 Å². The summed E-state index contributed by atoms with van der Waals surface area (Å²) >= 11 is 6.29. The normalized spacial score (nSPS) is 32.6. The van der Waals surface area contributed by atoms with Gasteiger partial charge >= 0.3 is 0 Å². The van der Waals surface area contributed by atoms with Gasteiger partial charge in [-0.3, -0.25) is 0 Å². The maximum Gasteiger partial charge on any atom is 0.127 e. The Bertz CT molecular complexity index is 506. The average Bonchev–Trinajstić information content (AvgIpc) is 2.82. The molecule has 1 heterocycles. The van der Waals surface area contributed by atoms with Gasteiger partial charge < -0.3 is 10.1 Å². The van der Waals surface area contributed by atoms with Crippen molar-refractivity contribution >= 4 is 11.6 Å². The largest absolute Gasteiger partial charge is 0.493 e. The van der Waals surface area contributed by atoms with Crippen molar-refractivity contribution in [3.8, 4) is 5.75 Å². The quantitative estimate of drug-likeness (QED) is 0.912. The lowest BCUT2D eigenvalue weighted by molar-refractivity contribution is 0.324.